The van der Waals surface area contributed by atoms with Crippen molar-refractivity contribution in [3.8, 4) is 0 Å². The molecule has 1 rings (SSSR count). The lowest BCUT2D eigenvalue weighted by molar-refractivity contribution is -0.130. The summed E-state index contributed by atoms with van der Waals surface area (Å²) in [4.78, 5) is 10.8. The molecule has 0 aromatic heterocycles. The van der Waals surface area contributed by atoms with E-state index >= 15 is 0 Å². The summed E-state index contributed by atoms with van der Waals surface area (Å²) >= 11 is 0. The molecule has 0 spiro atoms. The minimum atomic E-state index is -1.69. The molecule has 1 aliphatic heterocycles. The molecule has 1 saturated heterocycles. The highest BCUT2D eigenvalue weighted by Crippen LogP contribution is 2.37. The van der Waals surface area contributed by atoms with Gasteiger partial charge >= 0.3 is 0 Å². The molecular formula is C11H23NO2Si. The van der Waals surface area contributed by atoms with Crippen LogP contribution in [0.3, 0.4) is 0 Å². The third-order valence-corrected chi connectivity index (χ3v) is 8.18. The van der Waals surface area contributed by atoms with Crippen molar-refractivity contribution in [2.24, 2.45) is 0 Å². The molecule has 0 aromatic carbocycles. The van der Waals surface area contributed by atoms with Gasteiger partial charge in [0.15, 0.2) is 8.32 Å². The topological polar surface area (TPSA) is 38.3 Å². The standard InChI is InChI=1S/C11H23NO2Si/c1-8(9-7-10(13)12-9)14-15(5,6)11(2,3)4/h8-9H,7H2,1-6H3,(H,12,13)/t8-,9+/m0/s1. The molecule has 0 radical (unpaired) electrons. The first-order chi connectivity index (χ1) is 6.63. The van der Waals surface area contributed by atoms with Gasteiger partial charge in [0.05, 0.1) is 12.1 Å². The minimum Gasteiger partial charge on any atom is -0.412 e. The van der Waals surface area contributed by atoms with Crippen LogP contribution in [-0.2, 0) is 9.22 Å². The molecule has 1 amide bonds. The van der Waals surface area contributed by atoms with Crippen molar-refractivity contribution in [2.45, 2.75) is 64.4 Å². The number of hydrogen-bond acceptors (Lipinski definition) is 2. The van der Waals surface area contributed by atoms with E-state index in [2.05, 4.69) is 46.1 Å². The smallest absolute Gasteiger partial charge is 0.222 e. The zero-order valence-electron chi connectivity index (χ0n) is 10.7. The summed E-state index contributed by atoms with van der Waals surface area (Å²) in [6.45, 7) is 13.2. The van der Waals surface area contributed by atoms with Crippen LogP contribution in [0, 0.1) is 0 Å². The van der Waals surface area contributed by atoms with Crippen molar-refractivity contribution >= 4 is 14.2 Å². The Morgan fingerprint density at radius 1 is 1.47 bits per heavy atom. The summed E-state index contributed by atoms with van der Waals surface area (Å²) in [5, 5.41) is 3.11. The second-order valence-electron chi connectivity index (χ2n) is 5.96. The van der Waals surface area contributed by atoms with Gasteiger partial charge in [-0.25, -0.2) is 0 Å². The van der Waals surface area contributed by atoms with Crippen molar-refractivity contribution in [1.29, 1.82) is 0 Å². The van der Waals surface area contributed by atoms with Gasteiger partial charge in [0.25, 0.3) is 0 Å². The second-order valence-corrected chi connectivity index (χ2v) is 10.7. The van der Waals surface area contributed by atoms with Gasteiger partial charge in [-0.2, -0.15) is 0 Å². The average Bonchev–Trinajstić information content (AvgIpc) is 1.95. The number of carbonyl (C=O) groups excluding carboxylic acids is 1. The predicted molar refractivity (Wildman–Crippen MR) is 64.3 cm³/mol. The van der Waals surface area contributed by atoms with Crippen LogP contribution in [-0.4, -0.2) is 26.4 Å². The molecule has 3 nitrogen and oxygen atoms in total. The molecule has 1 fully saturated rings. The summed E-state index contributed by atoms with van der Waals surface area (Å²) in [6.07, 6.45) is 0.763. The highest BCUT2D eigenvalue weighted by atomic mass is 28.4. The number of nitrogens with one attached hydrogen (secondary N) is 1. The first kappa shape index (κ1) is 12.7. The van der Waals surface area contributed by atoms with Crippen molar-refractivity contribution in [3.63, 3.8) is 0 Å². The maximum absolute atomic E-state index is 10.8. The summed E-state index contributed by atoms with van der Waals surface area (Å²) in [7, 11) is -1.69. The molecular weight excluding hydrogens is 206 g/mol. The van der Waals surface area contributed by atoms with Gasteiger partial charge in [-0.1, -0.05) is 20.8 Å². The first-order valence-electron chi connectivity index (χ1n) is 5.61. The second kappa shape index (κ2) is 3.90. The molecule has 1 N–H and O–H groups in total. The fourth-order valence-electron chi connectivity index (χ4n) is 1.39. The summed E-state index contributed by atoms with van der Waals surface area (Å²) in [6, 6.07) is 0.228. The van der Waals surface area contributed by atoms with Gasteiger partial charge < -0.3 is 9.74 Å². The number of rotatable bonds is 3. The van der Waals surface area contributed by atoms with Crippen LogP contribution in [0.15, 0.2) is 0 Å². The highest BCUT2D eigenvalue weighted by Gasteiger charge is 2.41. The molecule has 88 valence electrons. The molecule has 1 aliphatic rings. The van der Waals surface area contributed by atoms with E-state index in [0.29, 0.717) is 6.42 Å². The number of amides is 1. The largest absolute Gasteiger partial charge is 0.412 e. The highest BCUT2D eigenvalue weighted by molar-refractivity contribution is 6.74. The van der Waals surface area contributed by atoms with Crippen molar-refractivity contribution in [1.82, 2.24) is 5.32 Å². The van der Waals surface area contributed by atoms with Crippen LogP contribution < -0.4 is 5.32 Å². The summed E-state index contributed by atoms with van der Waals surface area (Å²) < 4.78 is 6.18. The Morgan fingerprint density at radius 2 is 1.93 bits per heavy atom. The van der Waals surface area contributed by atoms with Gasteiger partial charge in [0, 0.05) is 6.42 Å². The predicted octanol–water partition coefficient (Wildman–Crippen LogP) is 2.29. The van der Waals surface area contributed by atoms with Gasteiger partial charge in [0.1, 0.15) is 0 Å². The van der Waals surface area contributed by atoms with E-state index in [1.165, 1.54) is 0 Å². The van der Waals surface area contributed by atoms with Crippen molar-refractivity contribution in [3.05, 3.63) is 0 Å². The SMILES string of the molecule is C[C@H](O[Si](C)(C)C(C)(C)C)[C@H]1CC(=O)N1. The Balaban J connectivity index is 2.50. The zero-order valence-corrected chi connectivity index (χ0v) is 11.7. The van der Waals surface area contributed by atoms with Crippen LogP contribution in [0.2, 0.25) is 18.1 Å². The van der Waals surface area contributed by atoms with Gasteiger partial charge in [0.2, 0.25) is 5.91 Å². The monoisotopic (exact) mass is 229 g/mol. The minimum absolute atomic E-state index is 0.142. The van der Waals surface area contributed by atoms with Crippen LogP contribution in [0.4, 0.5) is 0 Å². The molecule has 0 bridgehead atoms. The van der Waals surface area contributed by atoms with Crippen LogP contribution >= 0.6 is 0 Å². The van der Waals surface area contributed by atoms with Gasteiger partial charge in [-0.3, -0.25) is 4.79 Å². The fourth-order valence-corrected chi connectivity index (χ4v) is 2.84. The van der Waals surface area contributed by atoms with Crippen LogP contribution in [0.25, 0.3) is 0 Å². The molecule has 0 aromatic rings. The van der Waals surface area contributed by atoms with Crippen LogP contribution in [0.5, 0.6) is 0 Å². The van der Waals surface area contributed by atoms with Crippen LogP contribution in [0.1, 0.15) is 34.1 Å². The van der Waals surface area contributed by atoms with E-state index in [1.54, 1.807) is 0 Å². The van der Waals surface area contributed by atoms with Gasteiger partial charge in [-0.15, -0.1) is 0 Å². The zero-order chi connectivity index (χ0) is 11.9. The number of hydrogen-bond donors (Lipinski definition) is 1. The Labute approximate surface area is 93.7 Å². The third-order valence-electron chi connectivity index (χ3n) is 3.61. The van der Waals surface area contributed by atoms with E-state index in [-0.39, 0.29) is 23.1 Å². The summed E-state index contributed by atoms with van der Waals surface area (Å²) in [5.41, 5.74) is 0. The van der Waals surface area contributed by atoms with Crippen molar-refractivity contribution < 1.29 is 9.22 Å². The summed E-state index contributed by atoms with van der Waals surface area (Å²) in [5.74, 6) is 0.144. The lowest BCUT2D eigenvalue weighted by Crippen LogP contribution is -2.58. The Bertz CT molecular complexity index is 250. The molecule has 15 heavy (non-hydrogen) atoms. The maximum atomic E-state index is 10.8. The normalized spacial score (nSPS) is 24.4. The Hall–Kier alpha value is -0.353. The number of β-lactam (4-membered cyclic amide) rings is 1. The maximum Gasteiger partial charge on any atom is 0.222 e. The lowest BCUT2D eigenvalue weighted by Gasteiger charge is -2.42. The molecule has 0 unspecified atom stereocenters. The number of carbonyl (C=O) groups is 1. The van der Waals surface area contributed by atoms with E-state index in [4.69, 9.17) is 4.43 Å². The molecule has 0 saturated carbocycles. The Morgan fingerprint density at radius 3 is 2.27 bits per heavy atom. The first-order valence-corrected chi connectivity index (χ1v) is 8.51. The average molecular weight is 229 g/mol. The molecule has 4 heteroatoms. The van der Waals surface area contributed by atoms with E-state index in [1.807, 2.05) is 0 Å². The van der Waals surface area contributed by atoms with E-state index < -0.39 is 8.32 Å². The third kappa shape index (κ3) is 2.81. The fraction of sp³-hybridized carbons (Fsp3) is 0.909. The Kier molecular flexibility index (Phi) is 3.31. The molecule has 0 aliphatic carbocycles. The van der Waals surface area contributed by atoms with Crippen molar-refractivity contribution in [2.75, 3.05) is 0 Å². The van der Waals surface area contributed by atoms with E-state index in [0.717, 1.165) is 0 Å². The quantitative estimate of drug-likeness (QED) is 0.595. The molecule has 1 heterocycles. The van der Waals surface area contributed by atoms with E-state index in [9.17, 15) is 4.79 Å². The van der Waals surface area contributed by atoms with Gasteiger partial charge in [-0.05, 0) is 25.1 Å². The molecule has 2 atom stereocenters. The lowest BCUT2D eigenvalue weighted by atomic mass is 10.0.